The lowest BCUT2D eigenvalue weighted by Gasteiger charge is -2.33. The molecular weight excluding hydrogens is 395 g/mol. The van der Waals surface area contributed by atoms with Crippen LogP contribution in [0.3, 0.4) is 0 Å². The number of guanidine groups is 1. The van der Waals surface area contributed by atoms with E-state index in [0.29, 0.717) is 13.1 Å². The molecule has 0 radical (unpaired) electrons. The Morgan fingerprint density at radius 3 is 2.55 bits per heavy atom. The molecule has 0 aromatic carbocycles. The number of β-amino-alcohol motifs (C(OH)–C–C–N with tert-alkyl or cyclic N) is 1. The monoisotopic (exact) mass is 428 g/mol. The topological polar surface area (TPSA) is 69.1 Å². The van der Waals surface area contributed by atoms with Crippen molar-refractivity contribution >= 4 is 29.9 Å². The highest BCUT2D eigenvalue weighted by molar-refractivity contribution is 14.0. The van der Waals surface area contributed by atoms with Crippen LogP contribution in [0.1, 0.15) is 33.6 Å². The van der Waals surface area contributed by atoms with Crippen molar-refractivity contribution in [3.8, 4) is 0 Å². The Bertz CT molecular complexity index is 308. The molecule has 1 fully saturated rings. The summed E-state index contributed by atoms with van der Waals surface area (Å²) in [4.78, 5) is 6.74. The molecule has 0 amide bonds. The first-order valence-electron chi connectivity index (χ1n) is 8.12. The summed E-state index contributed by atoms with van der Waals surface area (Å²) in [5, 5.41) is 17.0. The van der Waals surface area contributed by atoms with Crippen molar-refractivity contribution in [2.24, 2.45) is 4.99 Å². The third kappa shape index (κ3) is 9.81. The fourth-order valence-corrected chi connectivity index (χ4v) is 2.27. The molecule has 3 N–H and O–H groups in total. The second-order valence-corrected chi connectivity index (χ2v) is 5.86. The Kier molecular flexibility index (Phi) is 12.3. The molecule has 1 rings (SSSR count). The molecule has 1 aliphatic heterocycles. The van der Waals surface area contributed by atoms with Crippen LogP contribution in [0.25, 0.3) is 0 Å². The summed E-state index contributed by atoms with van der Waals surface area (Å²) < 4.78 is 5.33. The molecule has 1 saturated heterocycles. The third-order valence-electron chi connectivity index (χ3n) is 3.41. The number of hydrogen-bond acceptors (Lipinski definition) is 4. The highest BCUT2D eigenvalue weighted by atomic mass is 127. The van der Waals surface area contributed by atoms with Crippen LogP contribution in [0, 0.1) is 0 Å². The lowest BCUT2D eigenvalue weighted by atomic mass is 10.1. The van der Waals surface area contributed by atoms with Gasteiger partial charge in [-0.1, -0.05) is 13.3 Å². The quantitative estimate of drug-likeness (QED) is 0.233. The van der Waals surface area contributed by atoms with Crippen molar-refractivity contribution in [2.45, 2.75) is 39.2 Å². The van der Waals surface area contributed by atoms with Gasteiger partial charge in [0.25, 0.3) is 0 Å². The number of aliphatic hydroxyl groups is 1. The van der Waals surface area contributed by atoms with Crippen LogP contribution in [-0.4, -0.2) is 74.0 Å². The van der Waals surface area contributed by atoms with E-state index in [1.807, 2.05) is 13.8 Å². The molecule has 0 saturated carbocycles. The van der Waals surface area contributed by atoms with E-state index in [1.54, 1.807) is 0 Å². The number of halogens is 1. The number of hydrogen-bond donors (Lipinski definition) is 3. The molecule has 0 aliphatic carbocycles. The van der Waals surface area contributed by atoms with Gasteiger partial charge in [-0.05, 0) is 20.3 Å². The van der Waals surface area contributed by atoms with Gasteiger partial charge in [0.2, 0.25) is 0 Å². The van der Waals surface area contributed by atoms with E-state index in [2.05, 4.69) is 27.4 Å². The van der Waals surface area contributed by atoms with E-state index < -0.39 is 5.60 Å². The number of unbranched alkanes of at least 4 members (excludes halogenated alkanes) is 1. The fraction of sp³-hybridized carbons (Fsp3) is 0.933. The summed E-state index contributed by atoms with van der Waals surface area (Å²) >= 11 is 0. The number of morpholine rings is 1. The van der Waals surface area contributed by atoms with Gasteiger partial charge in [0.15, 0.2) is 5.96 Å². The summed E-state index contributed by atoms with van der Waals surface area (Å²) in [6.45, 7) is 12.1. The molecule has 6 nitrogen and oxygen atoms in total. The highest BCUT2D eigenvalue weighted by Gasteiger charge is 2.25. The minimum atomic E-state index is -0.815. The molecule has 7 heteroatoms. The number of nitrogens with one attached hydrogen (secondary N) is 2. The lowest BCUT2D eigenvalue weighted by molar-refractivity contribution is -0.0179. The van der Waals surface area contributed by atoms with E-state index >= 15 is 0 Å². The van der Waals surface area contributed by atoms with Crippen LogP contribution >= 0.6 is 24.0 Å². The Balaban J connectivity index is 0.00000441. The minimum absolute atomic E-state index is 0. The first-order valence-corrected chi connectivity index (χ1v) is 8.12. The smallest absolute Gasteiger partial charge is 0.191 e. The SMILES string of the molecule is CCCCNC(=NCC(C)(O)CN1CCOCC1)NCC.I. The zero-order valence-corrected chi connectivity index (χ0v) is 16.6. The van der Waals surface area contributed by atoms with Gasteiger partial charge < -0.3 is 20.5 Å². The molecule has 0 aromatic rings. The molecular formula is C15H33IN4O2. The number of rotatable bonds is 8. The van der Waals surface area contributed by atoms with Crippen LogP contribution < -0.4 is 10.6 Å². The summed E-state index contributed by atoms with van der Waals surface area (Å²) in [5.41, 5.74) is -0.815. The van der Waals surface area contributed by atoms with Gasteiger partial charge >= 0.3 is 0 Å². The van der Waals surface area contributed by atoms with Gasteiger partial charge in [0.05, 0.1) is 25.4 Å². The van der Waals surface area contributed by atoms with Gasteiger partial charge in [-0.25, -0.2) is 0 Å². The van der Waals surface area contributed by atoms with Gasteiger partial charge in [-0.2, -0.15) is 0 Å². The van der Waals surface area contributed by atoms with Crippen molar-refractivity contribution in [3.05, 3.63) is 0 Å². The predicted molar refractivity (Wildman–Crippen MR) is 102 cm³/mol. The summed E-state index contributed by atoms with van der Waals surface area (Å²) in [5.74, 6) is 0.785. The lowest BCUT2D eigenvalue weighted by Crippen LogP contribution is -2.48. The average Bonchev–Trinajstić information content (AvgIpc) is 2.46. The van der Waals surface area contributed by atoms with E-state index in [0.717, 1.165) is 58.2 Å². The predicted octanol–water partition coefficient (Wildman–Crippen LogP) is 1.04. The second-order valence-electron chi connectivity index (χ2n) is 5.86. The van der Waals surface area contributed by atoms with Crippen molar-refractivity contribution < 1.29 is 9.84 Å². The number of aliphatic imine (C=N–C) groups is 1. The Labute approximate surface area is 152 Å². The van der Waals surface area contributed by atoms with Crippen molar-refractivity contribution in [1.82, 2.24) is 15.5 Å². The summed E-state index contributed by atoms with van der Waals surface area (Å²) in [6.07, 6.45) is 2.27. The number of nitrogens with zero attached hydrogens (tertiary/aromatic N) is 2. The molecule has 1 atom stereocenters. The van der Waals surface area contributed by atoms with E-state index in [1.165, 1.54) is 0 Å². The highest BCUT2D eigenvalue weighted by Crippen LogP contribution is 2.09. The maximum Gasteiger partial charge on any atom is 0.191 e. The molecule has 132 valence electrons. The van der Waals surface area contributed by atoms with Crippen LogP contribution in [0.4, 0.5) is 0 Å². The number of ether oxygens (including phenoxy) is 1. The molecule has 1 heterocycles. The third-order valence-corrected chi connectivity index (χ3v) is 3.41. The standard InChI is InChI=1S/C15H32N4O2.HI/c1-4-6-7-17-14(16-5-2)18-12-15(3,20)13-19-8-10-21-11-9-19;/h20H,4-13H2,1-3H3,(H2,16,17,18);1H. The molecule has 1 unspecified atom stereocenters. The summed E-state index contributed by atoms with van der Waals surface area (Å²) in [6, 6.07) is 0. The van der Waals surface area contributed by atoms with E-state index in [-0.39, 0.29) is 24.0 Å². The maximum atomic E-state index is 10.5. The minimum Gasteiger partial charge on any atom is -0.387 e. The summed E-state index contributed by atoms with van der Waals surface area (Å²) in [7, 11) is 0. The maximum absolute atomic E-state index is 10.5. The van der Waals surface area contributed by atoms with Crippen LogP contribution in [0.2, 0.25) is 0 Å². The Morgan fingerprint density at radius 2 is 1.95 bits per heavy atom. The van der Waals surface area contributed by atoms with Crippen LogP contribution in [-0.2, 0) is 4.74 Å². The van der Waals surface area contributed by atoms with Crippen LogP contribution in [0.15, 0.2) is 4.99 Å². The first-order chi connectivity index (χ1) is 10.1. The zero-order chi connectivity index (χ0) is 15.6. The molecule has 0 aromatic heterocycles. The molecule has 0 bridgehead atoms. The van der Waals surface area contributed by atoms with Crippen molar-refractivity contribution in [1.29, 1.82) is 0 Å². The van der Waals surface area contributed by atoms with E-state index in [9.17, 15) is 5.11 Å². The average molecular weight is 428 g/mol. The fourth-order valence-electron chi connectivity index (χ4n) is 2.27. The van der Waals surface area contributed by atoms with E-state index in [4.69, 9.17) is 4.74 Å². The van der Waals surface area contributed by atoms with Gasteiger partial charge in [0.1, 0.15) is 0 Å². The molecule has 1 aliphatic rings. The van der Waals surface area contributed by atoms with Gasteiger partial charge in [-0.3, -0.25) is 9.89 Å². The first kappa shape index (κ1) is 21.9. The van der Waals surface area contributed by atoms with Crippen molar-refractivity contribution in [3.63, 3.8) is 0 Å². The molecule has 22 heavy (non-hydrogen) atoms. The van der Waals surface area contributed by atoms with Gasteiger partial charge in [0, 0.05) is 32.7 Å². The van der Waals surface area contributed by atoms with Crippen LogP contribution in [0.5, 0.6) is 0 Å². The zero-order valence-electron chi connectivity index (χ0n) is 14.2. The Morgan fingerprint density at radius 1 is 1.27 bits per heavy atom. The Hall–Kier alpha value is -0.120. The largest absolute Gasteiger partial charge is 0.387 e. The normalized spacial score (nSPS) is 19.2. The second kappa shape index (κ2) is 12.3. The van der Waals surface area contributed by atoms with Crippen molar-refractivity contribution in [2.75, 3.05) is 52.5 Å². The molecule has 0 spiro atoms. The van der Waals surface area contributed by atoms with Gasteiger partial charge in [-0.15, -0.1) is 24.0 Å².